The van der Waals surface area contributed by atoms with Crippen LogP contribution in [0.1, 0.15) is 5.56 Å². The molecule has 112 valence electrons. The lowest BCUT2D eigenvalue weighted by Gasteiger charge is -2.14. The summed E-state index contributed by atoms with van der Waals surface area (Å²) < 4.78 is 61.5. The Bertz CT molecular complexity index is 632. The molecule has 1 aromatic heterocycles. The molecule has 1 heterocycles. The van der Waals surface area contributed by atoms with Gasteiger partial charge in [0.2, 0.25) is 5.95 Å². The van der Waals surface area contributed by atoms with Crippen molar-refractivity contribution >= 4 is 0 Å². The van der Waals surface area contributed by atoms with Crippen molar-refractivity contribution < 1.29 is 27.0 Å². The summed E-state index contributed by atoms with van der Waals surface area (Å²) >= 11 is 0. The highest BCUT2D eigenvalue weighted by atomic mass is 19.4. The summed E-state index contributed by atoms with van der Waals surface area (Å²) in [5, 5.41) is 0. The van der Waals surface area contributed by atoms with Gasteiger partial charge in [-0.2, -0.15) is 17.6 Å². The second-order valence-corrected chi connectivity index (χ2v) is 3.96. The maximum absolute atomic E-state index is 13.6. The molecule has 2 rings (SSSR count). The van der Waals surface area contributed by atoms with E-state index in [9.17, 15) is 17.6 Å². The van der Waals surface area contributed by atoms with Gasteiger partial charge in [0.1, 0.15) is 11.4 Å². The first kappa shape index (κ1) is 15.2. The van der Waals surface area contributed by atoms with Crippen molar-refractivity contribution in [3.05, 3.63) is 42.1 Å². The molecule has 0 aliphatic carbocycles. The topological polar surface area (TPSA) is 44.2 Å². The molecule has 1 aromatic carbocycles. The predicted octanol–water partition coefficient (Wildman–Crippen LogP) is 3.28. The number of hydrogen-bond acceptors (Lipinski definition) is 4. The van der Waals surface area contributed by atoms with E-state index in [4.69, 9.17) is 4.74 Å². The first-order valence-electron chi connectivity index (χ1n) is 5.73. The van der Waals surface area contributed by atoms with Gasteiger partial charge in [0, 0.05) is 25.1 Å². The second-order valence-electron chi connectivity index (χ2n) is 3.96. The zero-order valence-corrected chi connectivity index (χ0v) is 10.8. The number of alkyl halides is 3. The number of benzene rings is 1. The zero-order chi connectivity index (χ0) is 15.5. The van der Waals surface area contributed by atoms with Crippen molar-refractivity contribution in [1.82, 2.24) is 9.97 Å². The average molecular weight is 302 g/mol. The van der Waals surface area contributed by atoms with E-state index < -0.39 is 17.7 Å². The van der Waals surface area contributed by atoms with Gasteiger partial charge in [-0.1, -0.05) is 0 Å². The van der Waals surface area contributed by atoms with Crippen molar-refractivity contribution in [2.24, 2.45) is 0 Å². The lowest BCUT2D eigenvalue weighted by molar-refractivity contribution is -0.137. The quantitative estimate of drug-likeness (QED) is 0.642. The fraction of sp³-hybridized carbons (Fsp3) is 0.231. The van der Waals surface area contributed by atoms with Gasteiger partial charge in [0.15, 0.2) is 6.79 Å². The molecule has 0 saturated carbocycles. The SMILES string of the molecule is COCOc1cc(C(F)(F)F)ccc1-c1nccnc1F. The number of halogens is 4. The van der Waals surface area contributed by atoms with E-state index in [1.165, 1.54) is 13.3 Å². The van der Waals surface area contributed by atoms with Crippen LogP contribution in [0.4, 0.5) is 17.6 Å². The summed E-state index contributed by atoms with van der Waals surface area (Å²) in [6.45, 7) is -0.282. The molecule has 8 heteroatoms. The summed E-state index contributed by atoms with van der Waals surface area (Å²) in [5.41, 5.74) is -1.05. The zero-order valence-electron chi connectivity index (χ0n) is 10.8. The molecule has 0 atom stereocenters. The van der Waals surface area contributed by atoms with E-state index >= 15 is 0 Å². The van der Waals surface area contributed by atoms with Crippen LogP contribution in [0.3, 0.4) is 0 Å². The van der Waals surface area contributed by atoms with Crippen molar-refractivity contribution in [2.45, 2.75) is 6.18 Å². The van der Waals surface area contributed by atoms with E-state index in [0.717, 1.165) is 24.4 Å². The largest absolute Gasteiger partial charge is 0.467 e. The molecule has 0 amide bonds. The van der Waals surface area contributed by atoms with Gasteiger partial charge >= 0.3 is 6.18 Å². The molecule has 0 N–H and O–H groups in total. The van der Waals surface area contributed by atoms with Crippen LogP contribution in [-0.2, 0) is 10.9 Å². The Labute approximate surface area is 117 Å². The van der Waals surface area contributed by atoms with Crippen LogP contribution in [0, 0.1) is 5.95 Å². The van der Waals surface area contributed by atoms with Crippen LogP contribution < -0.4 is 4.74 Å². The van der Waals surface area contributed by atoms with Crippen molar-refractivity contribution in [3.63, 3.8) is 0 Å². The third-order valence-electron chi connectivity index (χ3n) is 2.55. The minimum atomic E-state index is -4.54. The van der Waals surface area contributed by atoms with Gasteiger partial charge in [-0.3, -0.25) is 0 Å². The summed E-state index contributed by atoms with van der Waals surface area (Å²) in [6, 6.07) is 2.67. The highest BCUT2D eigenvalue weighted by molar-refractivity contribution is 5.67. The maximum Gasteiger partial charge on any atom is 0.416 e. The van der Waals surface area contributed by atoms with E-state index in [0.29, 0.717) is 0 Å². The van der Waals surface area contributed by atoms with E-state index in [-0.39, 0.29) is 23.8 Å². The fourth-order valence-electron chi connectivity index (χ4n) is 1.64. The van der Waals surface area contributed by atoms with Gasteiger partial charge in [-0.15, -0.1) is 0 Å². The smallest absolute Gasteiger partial charge is 0.416 e. The highest BCUT2D eigenvalue weighted by Gasteiger charge is 2.31. The molecular formula is C13H10F4N2O2. The van der Waals surface area contributed by atoms with Crippen molar-refractivity contribution in [2.75, 3.05) is 13.9 Å². The minimum absolute atomic E-state index is 0.0608. The van der Waals surface area contributed by atoms with Gasteiger partial charge in [-0.05, 0) is 18.2 Å². The third-order valence-corrected chi connectivity index (χ3v) is 2.55. The first-order chi connectivity index (χ1) is 9.93. The first-order valence-corrected chi connectivity index (χ1v) is 5.73. The van der Waals surface area contributed by atoms with E-state index in [1.54, 1.807) is 0 Å². The second kappa shape index (κ2) is 6.04. The van der Waals surface area contributed by atoms with E-state index in [2.05, 4.69) is 14.7 Å². The number of ether oxygens (including phenoxy) is 2. The van der Waals surface area contributed by atoms with Crippen LogP contribution in [0.15, 0.2) is 30.6 Å². The Morgan fingerprint density at radius 3 is 2.48 bits per heavy atom. The molecule has 0 aliphatic heterocycles. The van der Waals surface area contributed by atoms with Crippen LogP contribution in [0.25, 0.3) is 11.3 Å². The number of rotatable bonds is 4. The van der Waals surface area contributed by atoms with Crippen LogP contribution >= 0.6 is 0 Å². The number of methoxy groups -OCH3 is 1. The standard InChI is InChI=1S/C13H10F4N2O2/c1-20-7-21-10-6-8(13(15,16)17)2-3-9(10)11-12(14)19-5-4-18-11/h2-6H,7H2,1H3. The summed E-state index contributed by atoms with van der Waals surface area (Å²) in [4.78, 5) is 7.18. The molecule has 0 aliphatic rings. The fourth-order valence-corrected chi connectivity index (χ4v) is 1.64. The molecule has 2 aromatic rings. The van der Waals surface area contributed by atoms with Gasteiger partial charge in [0.25, 0.3) is 0 Å². The van der Waals surface area contributed by atoms with Crippen LogP contribution in [-0.4, -0.2) is 23.9 Å². The molecule has 21 heavy (non-hydrogen) atoms. The number of hydrogen-bond donors (Lipinski definition) is 0. The molecule has 0 bridgehead atoms. The summed E-state index contributed by atoms with van der Waals surface area (Å²) in [7, 11) is 1.32. The van der Waals surface area contributed by atoms with Crippen LogP contribution in [0.5, 0.6) is 5.75 Å². The van der Waals surface area contributed by atoms with Gasteiger partial charge in [-0.25, -0.2) is 9.97 Å². The molecular weight excluding hydrogens is 292 g/mol. The molecule has 0 fully saturated rings. The summed E-state index contributed by atoms with van der Waals surface area (Å²) in [5.74, 6) is -1.09. The molecule has 4 nitrogen and oxygen atoms in total. The maximum atomic E-state index is 13.6. The third kappa shape index (κ3) is 3.46. The summed E-state index contributed by atoms with van der Waals surface area (Å²) in [6.07, 6.45) is -2.17. The van der Waals surface area contributed by atoms with Crippen molar-refractivity contribution in [1.29, 1.82) is 0 Å². The van der Waals surface area contributed by atoms with E-state index in [1.807, 2.05) is 0 Å². The molecule has 0 unspecified atom stereocenters. The lowest BCUT2D eigenvalue weighted by atomic mass is 10.1. The highest BCUT2D eigenvalue weighted by Crippen LogP contribution is 2.36. The van der Waals surface area contributed by atoms with Gasteiger partial charge < -0.3 is 9.47 Å². The van der Waals surface area contributed by atoms with Gasteiger partial charge in [0.05, 0.1) is 5.56 Å². The Balaban J connectivity index is 2.52. The molecule has 0 saturated heterocycles. The van der Waals surface area contributed by atoms with Crippen LogP contribution in [0.2, 0.25) is 0 Å². The predicted molar refractivity (Wildman–Crippen MR) is 64.9 cm³/mol. The van der Waals surface area contributed by atoms with Crippen molar-refractivity contribution in [3.8, 4) is 17.0 Å². The minimum Gasteiger partial charge on any atom is -0.467 e. The monoisotopic (exact) mass is 302 g/mol. The Morgan fingerprint density at radius 2 is 1.86 bits per heavy atom. The molecule has 0 radical (unpaired) electrons. The Hall–Kier alpha value is -2.22. The number of aromatic nitrogens is 2. The normalized spacial score (nSPS) is 11.5. The Morgan fingerprint density at radius 1 is 1.14 bits per heavy atom. The Kier molecular flexibility index (Phi) is 4.37. The average Bonchev–Trinajstić information content (AvgIpc) is 2.44. The number of nitrogens with zero attached hydrogens (tertiary/aromatic N) is 2. The molecule has 0 spiro atoms. The lowest BCUT2D eigenvalue weighted by Crippen LogP contribution is -2.07.